The average Bonchev–Trinajstić information content (AvgIpc) is 2.52. The number of benzene rings is 3. The summed E-state index contributed by atoms with van der Waals surface area (Å²) in [5, 5.41) is 0.767. The molecule has 3 aromatic carbocycles. The summed E-state index contributed by atoms with van der Waals surface area (Å²) in [4.78, 5) is 0. The monoisotopic (exact) mass is 292 g/mol. The molecule has 0 N–H and O–H groups in total. The number of halogens is 1. The van der Waals surface area contributed by atoms with Crippen LogP contribution in [0.15, 0.2) is 66.7 Å². The van der Waals surface area contributed by atoms with Gasteiger partial charge in [-0.25, -0.2) is 0 Å². The summed E-state index contributed by atoms with van der Waals surface area (Å²) in [7, 11) is 0. The second-order valence-corrected chi connectivity index (χ2v) is 5.74. The van der Waals surface area contributed by atoms with E-state index in [9.17, 15) is 0 Å². The van der Waals surface area contributed by atoms with E-state index in [1.54, 1.807) is 0 Å². The number of hydrogen-bond donors (Lipinski definition) is 0. The summed E-state index contributed by atoms with van der Waals surface area (Å²) < 4.78 is 0. The van der Waals surface area contributed by atoms with Crippen LogP contribution in [0.4, 0.5) is 0 Å². The molecule has 0 radical (unpaired) electrons. The van der Waals surface area contributed by atoms with Crippen molar-refractivity contribution >= 4 is 11.6 Å². The molecule has 0 heterocycles. The van der Waals surface area contributed by atoms with Gasteiger partial charge >= 0.3 is 0 Å². The van der Waals surface area contributed by atoms with Crippen molar-refractivity contribution < 1.29 is 0 Å². The van der Waals surface area contributed by atoms with Crippen LogP contribution in [-0.4, -0.2) is 0 Å². The molecule has 21 heavy (non-hydrogen) atoms. The molecule has 0 bridgehead atoms. The number of hydrogen-bond acceptors (Lipinski definition) is 0. The van der Waals surface area contributed by atoms with Gasteiger partial charge < -0.3 is 0 Å². The van der Waals surface area contributed by atoms with Gasteiger partial charge in [-0.1, -0.05) is 66.2 Å². The Hall–Kier alpha value is -2.05. The summed E-state index contributed by atoms with van der Waals surface area (Å²) in [6.45, 7) is 4.35. The summed E-state index contributed by atoms with van der Waals surface area (Å²) in [6, 6.07) is 23.0. The lowest BCUT2D eigenvalue weighted by Crippen LogP contribution is -1.92. The van der Waals surface area contributed by atoms with Crippen molar-refractivity contribution in [1.82, 2.24) is 0 Å². The van der Waals surface area contributed by atoms with E-state index in [0.717, 1.165) is 5.02 Å². The van der Waals surface area contributed by atoms with Crippen LogP contribution in [0.3, 0.4) is 0 Å². The van der Waals surface area contributed by atoms with Gasteiger partial charge in [-0.15, -0.1) is 0 Å². The third-order valence-corrected chi connectivity index (χ3v) is 4.21. The Morgan fingerprint density at radius 2 is 1.33 bits per heavy atom. The van der Waals surface area contributed by atoms with Gasteiger partial charge in [0, 0.05) is 5.02 Å². The molecule has 0 unspecified atom stereocenters. The standard InChI is InChI=1S/C20H17Cl/c1-14-8-13-19(16-9-11-18(21)12-10-16)20(15(14)2)17-6-4-3-5-7-17/h3-13H,1-2H3. The number of aryl methyl sites for hydroxylation is 1. The fourth-order valence-electron chi connectivity index (χ4n) is 2.66. The lowest BCUT2D eigenvalue weighted by Gasteiger charge is -2.15. The van der Waals surface area contributed by atoms with Crippen molar-refractivity contribution in [3.63, 3.8) is 0 Å². The van der Waals surface area contributed by atoms with Crippen LogP contribution in [0, 0.1) is 13.8 Å². The first-order valence-corrected chi connectivity index (χ1v) is 7.46. The Bertz CT molecular complexity index is 756. The maximum atomic E-state index is 6.01. The Morgan fingerprint density at radius 1 is 0.667 bits per heavy atom. The van der Waals surface area contributed by atoms with Gasteiger partial charge in [0.15, 0.2) is 0 Å². The first-order valence-electron chi connectivity index (χ1n) is 7.08. The maximum absolute atomic E-state index is 6.01. The highest BCUT2D eigenvalue weighted by molar-refractivity contribution is 6.30. The Labute approximate surface area is 131 Å². The zero-order valence-corrected chi connectivity index (χ0v) is 13.0. The largest absolute Gasteiger partial charge is 0.0843 e. The van der Waals surface area contributed by atoms with E-state index in [2.05, 4.69) is 68.4 Å². The second kappa shape index (κ2) is 5.75. The highest BCUT2D eigenvalue weighted by Crippen LogP contribution is 2.36. The molecular weight excluding hydrogens is 276 g/mol. The molecule has 3 aromatic rings. The highest BCUT2D eigenvalue weighted by atomic mass is 35.5. The minimum Gasteiger partial charge on any atom is -0.0843 e. The second-order valence-electron chi connectivity index (χ2n) is 5.30. The molecule has 0 fully saturated rings. The summed E-state index contributed by atoms with van der Waals surface area (Å²) >= 11 is 6.01. The van der Waals surface area contributed by atoms with Gasteiger partial charge in [0.2, 0.25) is 0 Å². The Kier molecular flexibility index (Phi) is 3.81. The van der Waals surface area contributed by atoms with E-state index in [4.69, 9.17) is 11.6 Å². The van der Waals surface area contributed by atoms with Crippen LogP contribution in [-0.2, 0) is 0 Å². The van der Waals surface area contributed by atoms with E-state index in [0.29, 0.717) is 0 Å². The molecule has 0 saturated carbocycles. The Morgan fingerprint density at radius 3 is 2.00 bits per heavy atom. The van der Waals surface area contributed by atoms with Crippen LogP contribution < -0.4 is 0 Å². The fourth-order valence-corrected chi connectivity index (χ4v) is 2.79. The molecule has 0 aliphatic rings. The van der Waals surface area contributed by atoms with Crippen LogP contribution in [0.1, 0.15) is 11.1 Å². The van der Waals surface area contributed by atoms with Gasteiger partial charge in [0.05, 0.1) is 0 Å². The molecule has 0 atom stereocenters. The van der Waals surface area contributed by atoms with Crippen LogP contribution >= 0.6 is 11.6 Å². The van der Waals surface area contributed by atoms with Crippen molar-refractivity contribution in [3.8, 4) is 22.3 Å². The molecule has 0 aromatic heterocycles. The maximum Gasteiger partial charge on any atom is 0.0406 e. The predicted molar refractivity (Wildman–Crippen MR) is 91.8 cm³/mol. The van der Waals surface area contributed by atoms with Gasteiger partial charge in [-0.3, -0.25) is 0 Å². The molecule has 3 rings (SSSR count). The Balaban J connectivity index is 2.26. The molecule has 0 spiro atoms. The lowest BCUT2D eigenvalue weighted by atomic mass is 9.89. The van der Waals surface area contributed by atoms with Gasteiger partial charge in [-0.05, 0) is 59.4 Å². The van der Waals surface area contributed by atoms with Gasteiger partial charge in [0.25, 0.3) is 0 Å². The van der Waals surface area contributed by atoms with Crippen molar-refractivity contribution in [2.45, 2.75) is 13.8 Å². The summed E-state index contributed by atoms with van der Waals surface area (Å²) in [5.41, 5.74) is 7.64. The SMILES string of the molecule is Cc1ccc(-c2ccc(Cl)cc2)c(-c2ccccc2)c1C. The van der Waals surface area contributed by atoms with Crippen molar-refractivity contribution in [1.29, 1.82) is 0 Å². The normalized spacial score (nSPS) is 10.6. The smallest absolute Gasteiger partial charge is 0.0406 e. The van der Waals surface area contributed by atoms with Crippen molar-refractivity contribution in [2.24, 2.45) is 0 Å². The van der Waals surface area contributed by atoms with Crippen LogP contribution in [0.5, 0.6) is 0 Å². The summed E-state index contributed by atoms with van der Waals surface area (Å²) in [6.07, 6.45) is 0. The first kappa shape index (κ1) is 13.9. The first-order chi connectivity index (χ1) is 10.2. The van der Waals surface area contributed by atoms with E-state index < -0.39 is 0 Å². The van der Waals surface area contributed by atoms with E-state index in [-0.39, 0.29) is 0 Å². The zero-order valence-electron chi connectivity index (χ0n) is 12.2. The molecule has 0 saturated heterocycles. The molecule has 0 nitrogen and oxygen atoms in total. The van der Waals surface area contributed by atoms with Crippen LogP contribution in [0.2, 0.25) is 5.02 Å². The molecule has 1 heteroatoms. The average molecular weight is 293 g/mol. The van der Waals surface area contributed by atoms with Gasteiger partial charge in [-0.2, -0.15) is 0 Å². The highest BCUT2D eigenvalue weighted by Gasteiger charge is 2.11. The minimum absolute atomic E-state index is 0.767. The van der Waals surface area contributed by atoms with E-state index in [1.165, 1.54) is 33.4 Å². The lowest BCUT2D eigenvalue weighted by molar-refractivity contribution is 1.34. The fraction of sp³-hybridized carbons (Fsp3) is 0.100. The van der Waals surface area contributed by atoms with Gasteiger partial charge in [0.1, 0.15) is 0 Å². The molecule has 0 aliphatic carbocycles. The third-order valence-electron chi connectivity index (χ3n) is 3.95. The minimum atomic E-state index is 0.767. The quantitative estimate of drug-likeness (QED) is 0.520. The zero-order chi connectivity index (χ0) is 14.8. The molecule has 0 aliphatic heterocycles. The van der Waals surface area contributed by atoms with Crippen LogP contribution in [0.25, 0.3) is 22.3 Å². The van der Waals surface area contributed by atoms with E-state index >= 15 is 0 Å². The summed E-state index contributed by atoms with van der Waals surface area (Å²) in [5.74, 6) is 0. The number of rotatable bonds is 2. The molecule has 0 amide bonds. The van der Waals surface area contributed by atoms with E-state index in [1.807, 2.05) is 12.1 Å². The predicted octanol–water partition coefficient (Wildman–Crippen LogP) is 6.29. The van der Waals surface area contributed by atoms with Crippen molar-refractivity contribution in [3.05, 3.63) is 82.9 Å². The molecule has 104 valence electrons. The molecular formula is C20H17Cl. The van der Waals surface area contributed by atoms with Crippen molar-refractivity contribution in [2.75, 3.05) is 0 Å². The third kappa shape index (κ3) is 2.72. The topological polar surface area (TPSA) is 0 Å².